The molecule has 1 aromatic heterocycles. The van der Waals surface area contributed by atoms with Crippen LogP contribution in [0.4, 0.5) is 27.6 Å². The van der Waals surface area contributed by atoms with Gasteiger partial charge in [-0.25, -0.2) is 13.6 Å². The lowest BCUT2D eigenvalue weighted by Crippen LogP contribution is -2.43. The maximum atomic E-state index is 14.6. The highest BCUT2D eigenvalue weighted by Gasteiger charge is 2.36. The lowest BCUT2D eigenvalue weighted by atomic mass is 9.90. The zero-order valence-electron chi connectivity index (χ0n) is 21.5. The number of ether oxygens (including phenoxy) is 1. The molecule has 0 saturated carbocycles. The van der Waals surface area contributed by atoms with Gasteiger partial charge in [-0.15, -0.1) is 0 Å². The van der Waals surface area contributed by atoms with Crippen LogP contribution in [0.1, 0.15) is 47.3 Å². The topological polar surface area (TPSA) is 101 Å². The van der Waals surface area contributed by atoms with Crippen molar-refractivity contribution in [1.82, 2.24) is 10.3 Å². The van der Waals surface area contributed by atoms with Gasteiger partial charge in [0.15, 0.2) is 0 Å². The Kier molecular flexibility index (Phi) is 8.26. The molecule has 0 aliphatic carbocycles. The van der Waals surface area contributed by atoms with E-state index >= 15 is 0 Å². The molecule has 212 valence electrons. The number of carboxylic acid groups (broad SMARTS) is 1. The van der Waals surface area contributed by atoms with E-state index in [2.05, 4.69) is 15.6 Å². The standard InChI is InChI=1S/C28H26F5N3O4/c1-14(2)35-16-12-20(29)23(21(30)13-16)26(37)36-22(27(38)39)11-15-7-8-18(25-17(15)5-4-10-40-25)24-19(28(31,32)33)6-3-9-34-24/h3,6-9,12-14,22,35H,4-5,10-11H2,1-2H3,(H,36,37)(H,38,39)/t22-/m0/s1. The first-order valence-corrected chi connectivity index (χ1v) is 12.5. The summed E-state index contributed by atoms with van der Waals surface area (Å²) < 4.78 is 76.0. The Morgan fingerprint density at radius 3 is 2.45 bits per heavy atom. The molecule has 1 atom stereocenters. The number of halogens is 5. The Labute approximate surface area is 226 Å². The SMILES string of the molecule is CC(C)Nc1cc(F)c(C(=O)N[C@@H](Cc2ccc(-c3ncccc3C(F)(F)F)c3c2CCCO3)C(=O)O)c(F)c1. The number of hydrogen-bond acceptors (Lipinski definition) is 5. The third-order valence-corrected chi connectivity index (χ3v) is 6.30. The van der Waals surface area contributed by atoms with Crippen LogP contribution >= 0.6 is 0 Å². The van der Waals surface area contributed by atoms with Crippen molar-refractivity contribution in [3.8, 4) is 17.0 Å². The van der Waals surface area contributed by atoms with Crippen molar-refractivity contribution in [3.63, 3.8) is 0 Å². The molecule has 7 nitrogen and oxygen atoms in total. The molecule has 0 spiro atoms. The van der Waals surface area contributed by atoms with Gasteiger partial charge in [-0.3, -0.25) is 9.78 Å². The highest BCUT2D eigenvalue weighted by atomic mass is 19.4. The Morgan fingerprint density at radius 1 is 1.12 bits per heavy atom. The number of carboxylic acids is 1. The average molecular weight is 564 g/mol. The number of carbonyl (C=O) groups excluding carboxylic acids is 1. The molecule has 4 rings (SSSR count). The molecule has 0 bridgehead atoms. The summed E-state index contributed by atoms with van der Waals surface area (Å²) in [6.07, 6.45) is -2.85. The van der Waals surface area contributed by atoms with Crippen LogP contribution in [0.25, 0.3) is 11.3 Å². The number of carbonyl (C=O) groups is 2. The number of rotatable bonds is 8. The number of benzene rings is 2. The molecule has 3 N–H and O–H groups in total. The van der Waals surface area contributed by atoms with Crippen molar-refractivity contribution < 1.29 is 41.4 Å². The zero-order valence-corrected chi connectivity index (χ0v) is 21.5. The maximum Gasteiger partial charge on any atom is 0.418 e. The summed E-state index contributed by atoms with van der Waals surface area (Å²) >= 11 is 0. The minimum Gasteiger partial charge on any atom is -0.493 e. The van der Waals surface area contributed by atoms with Gasteiger partial charge >= 0.3 is 12.1 Å². The van der Waals surface area contributed by atoms with E-state index in [4.69, 9.17) is 4.74 Å². The number of hydrogen-bond donors (Lipinski definition) is 3. The van der Waals surface area contributed by atoms with Gasteiger partial charge in [-0.05, 0) is 68.1 Å². The second kappa shape index (κ2) is 11.5. The number of fused-ring (bicyclic) bond motifs is 1. The highest BCUT2D eigenvalue weighted by molar-refractivity contribution is 5.97. The smallest absolute Gasteiger partial charge is 0.418 e. The van der Waals surface area contributed by atoms with Crippen LogP contribution in [0.3, 0.4) is 0 Å². The van der Waals surface area contributed by atoms with Gasteiger partial charge in [0.05, 0.1) is 17.9 Å². The second-order valence-electron chi connectivity index (χ2n) is 9.61. The van der Waals surface area contributed by atoms with E-state index in [1.165, 1.54) is 24.4 Å². The van der Waals surface area contributed by atoms with Gasteiger partial charge in [-0.2, -0.15) is 13.2 Å². The van der Waals surface area contributed by atoms with Crippen LogP contribution in [0.2, 0.25) is 0 Å². The quantitative estimate of drug-likeness (QED) is 0.308. The number of aliphatic carboxylic acids is 1. The van der Waals surface area contributed by atoms with Crippen molar-refractivity contribution in [2.45, 2.75) is 51.4 Å². The Morgan fingerprint density at radius 2 is 1.82 bits per heavy atom. The van der Waals surface area contributed by atoms with Crippen LogP contribution in [-0.2, 0) is 23.8 Å². The van der Waals surface area contributed by atoms with Crippen LogP contribution < -0.4 is 15.4 Å². The van der Waals surface area contributed by atoms with E-state index in [0.29, 0.717) is 24.0 Å². The number of nitrogens with one attached hydrogen (secondary N) is 2. The Balaban J connectivity index is 1.65. The number of anilines is 1. The van der Waals surface area contributed by atoms with Gasteiger partial charge in [0.25, 0.3) is 5.91 Å². The lowest BCUT2D eigenvalue weighted by Gasteiger charge is -2.25. The van der Waals surface area contributed by atoms with E-state index in [1.54, 1.807) is 13.8 Å². The summed E-state index contributed by atoms with van der Waals surface area (Å²) in [7, 11) is 0. The van der Waals surface area contributed by atoms with Gasteiger partial charge in [-0.1, -0.05) is 6.07 Å². The fraction of sp³-hybridized carbons (Fsp3) is 0.321. The fourth-order valence-corrected chi connectivity index (χ4v) is 4.61. The number of pyridine rings is 1. The molecule has 0 fully saturated rings. The van der Waals surface area contributed by atoms with Crippen molar-refractivity contribution in [2.24, 2.45) is 0 Å². The first kappa shape index (κ1) is 28.8. The van der Waals surface area contributed by atoms with Gasteiger partial charge < -0.3 is 20.5 Å². The zero-order chi connectivity index (χ0) is 29.2. The molecule has 40 heavy (non-hydrogen) atoms. The van der Waals surface area contributed by atoms with Gasteiger partial charge in [0.2, 0.25) is 0 Å². The van der Waals surface area contributed by atoms with Crippen LogP contribution in [0, 0.1) is 11.6 Å². The highest BCUT2D eigenvalue weighted by Crippen LogP contribution is 2.43. The van der Waals surface area contributed by atoms with E-state index in [1.807, 2.05) is 0 Å². The van der Waals surface area contributed by atoms with E-state index in [0.717, 1.165) is 18.2 Å². The molecule has 0 saturated heterocycles. The monoisotopic (exact) mass is 563 g/mol. The molecular formula is C28H26F5N3O4. The maximum absolute atomic E-state index is 14.6. The van der Waals surface area contributed by atoms with Gasteiger partial charge in [0.1, 0.15) is 29.0 Å². The molecule has 2 aromatic carbocycles. The van der Waals surface area contributed by atoms with Gasteiger partial charge in [0, 0.05) is 29.9 Å². The largest absolute Gasteiger partial charge is 0.493 e. The molecular weight excluding hydrogens is 537 g/mol. The van der Waals surface area contributed by atoms with E-state index < -0.39 is 46.9 Å². The lowest BCUT2D eigenvalue weighted by molar-refractivity contribution is -0.139. The summed E-state index contributed by atoms with van der Waals surface area (Å²) in [4.78, 5) is 28.7. The number of amides is 1. The molecule has 0 radical (unpaired) electrons. The van der Waals surface area contributed by atoms with E-state index in [-0.39, 0.29) is 41.8 Å². The minimum absolute atomic E-state index is 0.0986. The molecule has 1 aliphatic rings. The van der Waals surface area contributed by atoms with E-state index in [9.17, 15) is 36.6 Å². The van der Waals surface area contributed by atoms with Crippen LogP contribution in [0.5, 0.6) is 5.75 Å². The molecule has 3 aromatic rings. The first-order chi connectivity index (χ1) is 18.9. The number of alkyl halides is 3. The third kappa shape index (κ3) is 6.16. The molecule has 0 unspecified atom stereocenters. The van der Waals surface area contributed by atoms with Crippen molar-refractivity contribution in [3.05, 3.63) is 76.5 Å². The normalized spacial score (nSPS) is 13.8. The fourth-order valence-electron chi connectivity index (χ4n) is 4.61. The first-order valence-electron chi connectivity index (χ1n) is 12.5. The molecule has 1 amide bonds. The number of aromatic nitrogens is 1. The summed E-state index contributed by atoms with van der Waals surface area (Å²) in [5.74, 6) is -4.92. The minimum atomic E-state index is -4.67. The summed E-state index contributed by atoms with van der Waals surface area (Å²) in [6, 6.07) is 5.04. The third-order valence-electron chi connectivity index (χ3n) is 6.30. The molecule has 2 heterocycles. The molecule has 1 aliphatic heterocycles. The average Bonchev–Trinajstić information content (AvgIpc) is 2.87. The van der Waals surface area contributed by atoms with Crippen LogP contribution in [0.15, 0.2) is 42.6 Å². The summed E-state index contributed by atoms with van der Waals surface area (Å²) in [5, 5.41) is 14.8. The van der Waals surface area contributed by atoms with Crippen molar-refractivity contribution in [2.75, 3.05) is 11.9 Å². The number of nitrogens with zero attached hydrogens (tertiary/aromatic N) is 1. The summed E-state index contributed by atoms with van der Waals surface area (Å²) in [5.41, 5.74) is -1.13. The van der Waals surface area contributed by atoms with Crippen LogP contribution in [-0.4, -0.2) is 40.7 Å². The van der Waals surface area contributed by atoms with Crippen molar-refractivity contribution >= 4 is 17.6 Å². The Bertz CT molecular complexity index is 1420. The Hall–Kier alpha value is -4.22. The molecule has 12 heteroatoms. The summed E-state index contributed by atoms with van der Waals surface area (Å²) in [6.45, 7) is 3.75. The predicted molar refractivity (Wildman–Crippen MR) is 136 cm³/mol. The second-order valence-corrected chi connectivity index (χ2v) is 9.61. The predicted octanol–water partition coefficient (Wildman–Crippen LogP) is 5.62. The van der Waals surface area contributed by atoms with Crippen molar-refractivity contribution in [1.29, 1.82) is 0 Å².